The molecular formula is C24H19IN6O3. The minimum Gasteiger partial charge on any atom is -0.493 e. The zero-order chi connectivity index (χ0) is 23.4. The van der Waals surface area contributed by atoms with Gasteiger partial charge in [0.05, 0.1) is 37.5 Å². The Morgan fingerprint density at radius 3 is 2.21 bits per heavy atom. The molecule has 170 valence electrons. The van der Waals surface area contributed by atoms with Crippen LogP contribution in [0.1, 0.15) is 11.1 Å². The monoisotopic (exact) mass is 566 g/mol. The molecule has 0 saturated heterocycles. The Balaban J connectivity index is 0.00000324. The van der Waals surface area contributed by atoms with E-state index in [9.17, 15) is 5.26 Å². The quantitative estimate of drug-likeness (QED) is 0.304. The van der Waals surface area contributed by atoms with Gasteiger partial charge >= 0.3 is 0 Å². The Morgan fingerprint density at radius 1 is 0.853 bits per heavy atom. The molecule has 0 fully saturated rings. The molecule has 3 aromatic carbocycles. The van der Waals surface area contributed by atoms with Crippen molar-refractivity contribution in [2.45, 2.75) is 0 Å². The molecule has 10 heteroatoms. The molecule has 0 saturated carbocycles. The van der Waals surface area contributed by atoms with Gasteiger partial charge in [-0.3, -0.25) is 0 Å². The Hall–Kier alpha value is -4.29. The molecule has 34 heavy (non-hydrogen) atoms. The van der Waals surface area contributed by atoms with E-state index in [4.69, 9.17) is 25.2 Å². The van der Waals surface area contributed by atoms with Crippen LogP contribution in [-0.2, 0) is 0 Å². The van der Waals surface area contributed by atoms with Gasteiger partial charge in [0.25, 0.3) is 0 Å². The van der Waals surface area contributed by atoms with E-state index in [2.05, 4.69) is 27.4 Å². The zero-order valence-corrected chi connectivity index (χ0v) is 20.5. The normalized spacial score (nSPS) is 9.88. The third-order valence-electron chi connectivity index (χ3n) is 4.77. The van der Waals surface area contributed by atoms with Crippen molar-refractivity contribution in [3.8, 4) is 35.3 Å². The molecule has 0 aliphatic rings. The van der Waals surface area contributed by atoms with Gasteiger partial charge in [0, 0.05) is 17.1 Å². The van der Waals surface area contributed by atoms with Crippen LogP contribution in [0.4, 0.5) is 17.5 Å². The lowest BCUT2D eigenvalue weighted by Crippen LogP contribution is -2.03. The summed E-state index contributed by atoms with van der Waals surface area (Å²) in [6.07, 6.45) is 0. The Kier molecular flexibility index (Phi) is 7.56. The number of benzene rings is 3. The van der Waals surface area contributed by atoms with Gasteiger partial charge in [0.15, 0.2) is 11.5 Å². The standard InChI is InChI=1S/C24H18N6O3.HI/c1-31-19-10-16-9-15(13-26)5-8-18(16)22(32-2)23(19)33-21-11-20(27)29-24(30-21)28-17-6-3-14(12-25)4-7-17;/h3-11H,1-2H3,(H3,27,28,29,30);1H. The molecule has 0 radical (unpaired) electrons. The van der Waals surface area contributed by atoms with Crippen molar-refractivity contribution >= 4 is 52.2 Å². The fraction of sp³-hybridized carbons (Fsp3) is 0.0833. The number of anilines is 3. The fourth-order valence-electron chi connectivity index (χ4n) is 3.26. The van der Waals surface area contributed by atoms with Gasteiger partial charge in [0.1, 0.15) is 5.82 Å². The molecule has 3 N–H and O–H groups in total. The van der Waals surface area contributed by atoms with Gasteiger partial charge in [-0.1, -0.05) is 0 Å². The number of aromatic nitrogens is 2. The molecule has 4 aromatic rings. The predicted molar refractivity (Wildman–Crippen MR) is 138 cm³/mol. The lowest BCUT2D eigenvalue weighted by Gasteiger charge is -2.16. The van der Waals surface area contributed by atoms with Crippen LogP contribution >= 0.6 is 24.0 Å². The SMILES string of the molecule is COc1cc2cc(C#N)ccc2c(OC)c1Oc1cc(N)nc(Nc2ccc(C#N)cc2)n1.I. The summed E-state index contributed by atoms with van der Waals surface area (Å²) in [5.41, 5.74) is 7.70. The van der Waals surface area contributed by atoms with Gasteiger partial charge in [-0.25, -0.2) is 0 Å². The van der Waals surface area contributed by atoms with E-state index >= 15 is 0 Å². The summed E-state index contributed by atoms with van der Waals surface area (Å²) in [4.78, 5) is 8.57. The zero-order valence-electron chi connectivity index (χ0n) is 18.2. The highest BCUT2D eigenvalue weighted by molar-refractivity contribution is 14.0. The minimum atomic E-state index is 0. The third kappa shape index (κ3) is 5.03. The first kappa shape index (κ1) is 24.4. The highest BCUT2D eigenvalue weighted by Crippen LogP contribution is 2.45. The van der Waals surface area contributed by atoms with E-state index in [1.165, 1.54) is 20.3 Å². The van der Waals surface area contributed by atoms with E-state index in [1.54, 1.807) is 48.5 Å². The molecule has 0 aliphatic carbocycles. The molecule has 0 spiro atoms. The van der Waals surface area contributed by atoms with Crippen molar-refractivity contribution < 1.29 is 14.2 Å². The second-order valence-electron chi connectivity index (χ2n) is 6.86. The molecule has 9 nitrogen and oxygen atoms in total. The van der Waals surface area contributed by atoms with Crippen LogP contribution < -0.4 is 25.3 Å². The largest absolute Gasteiger partial charge is 0.493 e. The molecule has 0 bridgehead atoms. The van der Waals surface area contributed by atoms with Gasteiger partial charge in [-0.15, -0.1) is 24.0 Å². The third-order valence-corrected chi connectivity index (χ3v) is 4.77. The summed E-state index contributed by atoms with van der Waals surface area (Å²) in [5, 5.41) is 22.7. The van der Waals surface area contributed by atoms with Crippen LogP contribution in [0, 0.1) is 22.7 Å². The topological polar surface area (TPSA) is 139 Å². The molecule has 1 aromatic heterocycles. The summed E-state index contributed by atoms with van der Waals surface area (Å²) >= 11 is 0. The molecule has 0 atom stereocenters. The molecule has 0 amide bonds. The smallest absolute Gasteiger partial charge is 0.232 e. The van der Waals surface area contributed by atoms with Crippen molar-refractivity contribution in [1.29, 1.82) is 10.5 Å². The number of nitrogens with two attached hydrogens (primary N) is 1. The van der Waals surface area contributed by atoms with Gasteiger partial charge in [-0.2, -0.15) is 20.5 Å². The molecule has 0 unspecified atom stereocenters. The van der Waals surface area contributed by atoms with E-state index in [0.717, 1.165) is 10.8 Å². The van der Waals surface area contributed by atoms with Crippen molar-refractivity contribution in [1.82, 2.24) is 9.97 Å². The van der Waals surface area contributed by atoms with Gasteiger partial charge in [-0.05, 0) is 53.9 Å². The summed E-state index contributed by atoms with van der Waals surface area (Å²) in [6.45, 7) is 0. The number of ether oxygens (including phenoxy) is 3. The minimum absolute atomic E-state index is 0. The molecule has 4 rings (SSSR count). The summed E-state index contributed by atoms with van der Waals surface area (Å²) in [5.74, 6) is 1.70. The molecular weight excluding hydrogens is 547 g/mol. The number of nitrogens with zero attached hydrogens (tertiary/aromatic N) is 4. The maximum absolute atomic E-state index is 9.20. The van der Waals surface area contributed by atoms with E-state index < -0.39 is 0 Å². The van der Waals surface area contributed by atoms with Crippen LogP contribution in [0.25, 0.3) is 10.8 Å². The van der Waals surface area contributed by atoms with E-state index in [-0.39, 0.29) is 41.6 Å². The van der Waals surface area contributed by atoms with Crippen molar-refractivity contribution in [2.75, 3.05) is 25.3 Å². The van der Waals surface area contributed by atoms with Gasteiger partial charge in [0.2, 0.25) is 17.6 Å². The van der Waals surface area contributed by atoms with Crippen LogP contribution in [0.2, 0.25) is 0 Å². The number of rotatable bonds is 6. The average molecular weight is 566 g/mol. The Bertz CT molecular complexity index is 1430. The van der Waals surface area contributed by atoms with Crippen LogP contribution in [0.3, 0.4) is 0 Å². The number of nitrogen functional groups attached to an aromatic ring is 1. The van der Waals surface area contributed by atoms with Crippen molar-refractivity contribution in [2.24, 2.45) is 0 Å². The van der Waals surface area contributed by atoms with Crippen molar-refractivity contribution in [3.05, 3.63) is 65.7 Å². The highest BCUT2D eigenvalue weighted by Gasteiger charge is 2.19. The number of methoxy groups -OCH3 is 2. The Labute approximate surface area is 212 Å². The highest BCUT2D eigenvalue weighted by atomic mass is 127. The van der Waals surface area contributed by atoms with Crippen LogP contribution in [0.5, 0.6) is 23.1 Å². The van der Waals surface area contributed by atoms with E-state index in [0.29, 0.717) is 34.1 Å². The Morgan fingerprint density at radius 2 is 1.56 bits per heavy atom. The fourth-order valence-corrected chi connectivity index (χ4v) is 3.26. The summed E-state index contributed by atoms with van der Waals surface area (Å²) in [7, 11) is 3.03. The summed E-state index contributed by atoms with van der Waals surface area (Å²) < 4.78 is 17.2. The number of nitrogens with one attached hydrogen (secondary N) is 1. The maximum atomic E-state index is 9.20. The number of hydrogen-bond donors (Lipinski definition) is 2. The number of hydrogen-bond acceptors (Lipinski definition) is 9. The number of halogens is 1. The number of fused-ring (bicyclic) bond motifs is 1. The average Bonchev–Trinajstić information content (AvgIpc) is 2.83. The molecule has 0 aliphatic heterocycles. The van der Waals surface area contributed by atoms with Crippen LogP contribution in [0.15, 0.2) is 54.6 Å². The second-order valence-corrected chi connectivity index (χ2v) is 6.86. The maximum Gasteiger partial charge on any atom is 0.232 e. The lowest BCUT2D eigenvalue weighted by atomic mass is 10.1. The van der Waals surface area contributed by atoms with Gasteiger partial charge < -0.3 is 25.3 Å². The predicted octanol–water partition coefficient (Wildman–Crippen LogP) is 5.13. The first-order valence-corrected chi connectivity index (χ1v) is 9.73. The van der Waals surface area contributed by atoms with E-state index in [1.807, 2.05) is 0 Å². The summed E-state index contributed by atoms with van der Waals surface area (Å²) in [6, 6.07) is 19.5. The molecule has 1 heterocycles. The first-order valence-electron chi connectivity index (χ1n) is 9.73. The second kappa shape index (κ2) is 10.6. The lowest BCUT2D eigenvalue weighted by molar-refractivity contribution is 0.345. The van der Waals surface area contributed by atoms with Crippen molar-refractivity contribution in [3.63, 3.8) is 0 Å². The number of nitriles is 2. The first-order chi connectivity index (χ1) is 16.0. The van der Waals surface area contributed by atoms with Crippen LogP contribution in [-0.4, -0.2) is 24.2 Å².